The minimum atomic E-state index is -0.365. The molecular weight excluding hydrogens is 160 g/mol. The zero-order valence-corrected chi connectivity index (χ0v) is 7.49. The van der Waals surface area contributed by atoms with Crippen LogP contribution in [-0.4, -0.2) is 37.0 Å². The first-order chi connectivity index (χ1) is 5.72. The van der Waals surface area contributed by atoms with Gasteiger partial charge in [0, 0.05) is 6.61 Å². The van der Waals surface area contributed by atoms with Crippen molar-refractivity contribution in [2.75, 3.05) is 19.8 Å². The maximum Gasteiger partial charge on any atom is 0.168 e. The highest BCUT2D eigenvalue weighted by Crippen LogP contribution is 1.90. The van der Waals surface area contributed by atoms with Gasteiger partial charge >= 0.3 is 0 Å². The summed E-state index contributed by atoms with van der Waals surface area (Å²) in [5.41, 5.74) is 5.27. The molecule has 5 heteroatoms. The molecule has 0 aromatic carbocycles. The number of hydrogen-bond donors (Lipinski definition) is 2. The van der Waals surface area contributed by atoms with Crippen LogP contribution >= 0.6 is 0 Å². The molecule has 72 valence electrons. The van der Waals surface area contributed by atoms with Crippen molar-refractivity contribution in [2.24, 2.45) is 10.9 Å². The van der Waals surface area contributed by atoms with Gasteiger partial charge in [-0.15, -0.1) is 0 Å². The average molecular weight is 176 g/mol. The van der Waals surface area contributed by atoms with E-state index >= 15 is 0 Å². The lowest BCUT2D eigenvalue weighted by molar-refractivity contribution is 0.0387. The van der Waals surface area contributed by atoms with Crippen LogP contribution in [0, 0.1) is 0 Å². The standard InChI is InChI=1S/C7H16N2O3/c1-3-11-4-5-12-6(2)7(8)9-10/h6,10H,3-5H2,1-2H3,(H2,8,9). The Morgan fingerprint density at radius 2 is 2.25 bits per heavy atom. The van der Waals surface area contributed by atoms with Gasteiger partial charge in [-0.25, -0.2) is 0 Å². The quantitative estimate of drug-likeness (QED) is 0.199. The number of nitrogens with zero attached hydrogens (tertiary/aromatic N) is 1. The van der Waals surface area contributed by atoms with Crippen LogP contribution in [0.4, 0.5) is 0 Å². The van der Waals surface area contributed by atoms with Gasteiger partial charge in [-0.05, 0) is 13.8 Å². The van der Waals surface area contributed by atoms with E-state index in [4.69, 9.17) is 20.4 Å². The highest BCUT2D eigenvalue weighted by molar-refractivity contribution is 5.83. The van der Waals surface area contributed by atoms with E-state index in [0.29, 0.717) is 19.8 Å². The zero-order chi connectivity index (χ0) is 9.40. The van der Waals surface area contributed by atoms with E-state index in [2.05, 4.69) is 5.16 Å². The third-order valence-electron chi connectivity index (χ3n) is 1.33. The molecule has 12 heavy (non-hydrogen) atoms. The van der Waals surface area contributed by atoms with Crippen LogP contribution in [0.2, 0.25) is 0 Å². The Morgan fingerprint density at radius 3 is 2.75 bits per heavy atom. The van der Waals surface area contributed by atoms with Crippen LogP contribution in [0.15, 0.2) is 5.16 Å². The second kappa shape index (κ2) is 6.87. The van der Waals surface area contributed by atoms with Crippen molar-refractivity contribution in [1.29, 1.82) is 0 Å². The van der Waals surface area contributed by atoms with E-state index in [0.717, 1.165) is 0 Å². The number of amidine groups is 1. The van der Waals surface area contributed by atoms with Gasteiger partial charge in [0.2, 0.25) is 0 Å². The second-order valence-electron chi connectivity index (χ2n) is 2.23. The van der Waals surface area contributed by atoms with Crippen LogP contribution < -0.4 is 5.73 Å². The summed E-state index contributed by atoms with van der Waals surface area (Å²) in [5.74, 6) is 0.0755. The molecule has 1 atom stereocenters. The Hall–Kier alpha value is -0.810. The summed E-state index contributed by atoms with van der Waals surface area (Å²) in [7, 11) is 0. The molecule has 0 rings (SSSR count). The Morgan fingerprint density at radius 1 is 1.58 bits per heavy atom. The summed E-state index contributed by atoms with van der Waals surface area (Å²) in [6.45, 7) is 5.26. The summed E-state index contributed by atoms with van der Waals surface area (Å²) in [5, 5.41) is 11.1. The van der Waals surface area contributed by atoms with E-state index in [1.54, 1.807) is 6.92 Å². The van der Waals surface area contributed by atoms with Gasteiger partial charge in [0.15, 0.2) is 5.84 Å². The highest BCUT2D eigenvalue weighted by Gasteiger charge is 2.06. The second-order valence-corrected chi connectivity index (χ2v) is 2.23. The van der Waals surface area contributed by atoms with Crippen LogP contribution in [-0.2, 0) is 9.47 Å². The molecule has 0 radical (unpaired) electrons. The van der Waals surface area contributed by atoms with Crippen molar-refractivity contribution in [2.45, 2.75) is 20.0 Å². The molecule has 0 aliphatic heterocycles. The first kappa shape index (κ1) is 11.2. The normalized spacial score (nSPS) is 14.7. The third kappa shape index (κ3) is 4.92. The fourth-order valence-corrected chi connectivity index (χ4v) is 0.595. The Balaban J connectivity index is 3.37. The van der Waals surface area contributed by atoms with E-state index in [9.17, 15) is 0 Å². The Labute approximate surface area is 72.1 Å². The molecule has 0 saturated heterocycles. The van der Waals surface area contributed by atoms with Crippen molar-refractivity contribution in [3.8, 4) is 0 Å². The predicted octanol–water partition coefficient (Wildman–Crippen LogP) is 0.174. The van der Waals surface area contributed by atoms with Crippen LogP contribution in [0.5, 0.6) is 0 Å². The molecule has 0 fully saturated rings. The predicted molar refractivity (Wildman–Crippen MR) is 45.3 cm³/mol. The number of nitrogens with two attached hydrogens (primary N) is 1. The van der Waals surface area contributed by atoms with Gasteiger partial charge < -0.3 is 20.4 Å². The number of oxime groups is 1. The topological polar surface area (TPSA) is 77.1 Å². The summed E-state index contributed by atoms with van der Waals surface area (Å²) in [6.07, 6.45) is -0.365. The van der Waals surface area contributed by atoms with E-state index in [1.165, 1.54) is 0 Å². The number of rotatable bonds is 6. The van der Waals surface area contributed by atoms with Crippen LogP contribution in [0.25, 0.3) is 0 Å². The molecule has 1 unspecified atom stereocenters. The molecule has 0 aliphatic carbocycles. The smallest absolute Gasteiger partial charge is 0.168 e. The maximum absolute atomic E-state index is 8.26. The van der Waals surface area contributed by atoms with Crippen LogP contribution in [0.3, 0.4) is 0 Å². The van der Waals surface area contributed by atoms with Crippen molar-refractivity contribution in [3.63, 3.8) is 0 Å². The molecule has 5 nitrogen and oxygen atoms in total. The first-order valence-electron chi connectivity index (χ1n) is 3.89. The lowest BCUT2D eigenvalue weighted by Crippen LogP contribution is -2.29. The zero-order valence-electron chi connectivity index (χ0n) is 7.49. The molecule has 0 bridgehead atoms. The summed E-state index contributed by atoms with van der Waals surface area (Å²) in [6, 6.07) is 0. The molecule has 0 spiro atoms. The summed E-state index contributed by atoms with van der Waals surface area (Å²) < 4.78 is 10.2. The third-order valence-corrected chi connectivity index (χ3v) is 1.33. The lowest BCUT2D eigenvalue weighted by Gasteiger charge is -2.10. The fourth-order valence-electron chi connectivity index (χ4n) is 0.595. The molecule has 3 N–H and O–H groups in total. The van der Waals surface area contributed by atoms with Crippen molar-refractivity contribution < 1.29 is 14.7 Å². The Kier molecular flexibility index (Phi) is 6.41. The van der Waals surface area contributed by atoms with E-state index < -0.39 is 0 Å². The Bertz CT molecular complexity index is 139. The molecular formula is C7H16N2O3. The first-order valence-corrected chi connectivity index (χ1v) is 3.89. The summed E-state index contributed by atoms with van der Waals surface area (Å²) in [4.78, 5) is 0. The van der Waals surface area contributed by atoms with Gasteiger partial charge in [0.1, 0.15) is 6.10 Å². The molecule has 0 aromatic rings. The van der Waals surface area contributed by atoms with Crippen LogP contribution in [0.1, 0.15) is 13.8 Å². The molecule has 0 aliphatic rings. The summed E-state index contributed by atoms with van der Waals surface area (Å²) >= 11 is 0. The average Bonchev–Trinajstić information content (AvgIpc) is 2.10. The monoisotopic (exact) mass is 176 g/mol. The van der Waals surface area contributed by atoms with Crippen molar-refractivity contribution >= 4 is 5.84 Å². The minimum absolute atomic E-state index is 0.0755. The van der Waals surface area contributed by atoms with Gasteiger partial charge in [0.05, 0.1) is 13.2 Å². The molecule has 0 amide bonds. The SMILES string of the molecule is CCOCCOC(C)C(N)=NO. The highest BCUT2D eigenvalue weighted by atomic mass is 16.5. The number of hydrogen-bond acceptors (Lipinski definition) is 4. The molecule has 0 heterocycles. The minimum Gasteiger partial charge on any atom is -0.409 e. The van der Waals surface area contributed by atoms with Crippen molar-refractivity contribution in [3.05, 3.63) is 0 Å². The number of ether oxygens (including phenoxy) is 2. The largest absolute Gasteiger partial charge is 0.409 e. The molecule has 0 aromatic heterocycles. The fraction of sp³-hybridized carbons (Fsp3) is 0.857. The molecule has 0 saturated carbocycles. The van der Waals surface area contributed by atoms with Crippen molar-refractivity contribution in [1.82, 2.24) is 0 Å². The maximum atomic E-state index is 8.26. The van der Waals surface area contributed by atoms with Gasteiger partial charge in [0.25, 0.3) is 0 Å². The van der Waals surface area contributed by atoms with E-state index in [-0.39, 0.29) is 11.9 Å². The van der Waals surface area contributed by atoms with Gasteiger partial charge in [-0.1, -0.05) is 5.16 Å². The van der Waals surface area contributed by atoms with E-state index in [1.807, 2.05) is 6.92 Å². The van der Waals surface area contributed by atoms with Gasteiger partial charge in [-0.2, -0.15) is 0 Å². The lowest BCUT2D eigenvalue weighted by atomic mass is 10.4. The van der Waals surface area contributed by atoms with Gasteiger partial charge in [-0.3, -0.25) is 0 Å².